The van der Waals surface area contributed by atoms with Crippen molar-refractivity contribution < 1.29 is 38.4 Å². The van der Waals surface area contributed by atoms with E-state index in [1.807, 2.05) is 0 Å². The van der Waals surface area contributed by atoms with E-state index >= 15 is 0 Å². The molecule has 0 bridgehead atoms. The molecule has 2 nitrogen and oxygen atoms in total. The molecule has 0 aromatic carbocycles. The average molecular weight is 290 g/mol. The second-order valence-electron chi connectivity index (χ2n) is 0.756. The fourth-order valence-corrected chi connectivity index (χ4v) is 0.474. The second-order valence-corrected chi connectivity index (χ2v) is 1.88. The molecule has 0 heterocycles. The molecule has 0 aliphatic carbocycles. The maximum atomic E-state index is 11.0. The Kier molecular flexibility index (Phi) is 4.29. The van der Waals surface area contributed by atoms with Gasteiger partial charge in [0, 0.05) is 0 Å². The van der Waals surface area contributed by atoms with Gasteiger partial charge < -0.3 is 0 Å². The quantitative estimate of drug-likeness (QED) is 0.518. The van der Waals surface area contributed by atoms with E-state index < -0.39 is 5.97 Å². The Morgan fingerprint density at radius 3 is 2.57 bits per heavy atom. The van der Waals surface area contributed by atoms with Crippen LogP contribution in [0.15, 0.2) is 12.4 Å². The van der Waals surface area contributed by atoms with Crippen LogP contribution in [0.25, 0.3) is 0 Å². The number of rotatable bonds is 1. The van der Waals surface area contributed by atoms with Crippen molar-refractivity contribution in [1.29, 1.82) is 0 Å². The first-order chi connectivity index (χ1) is 3.31. The molecule has 35 valence electrons. The van der Waals surface area contributed by atoms with Crippen molar-refractivity contribution in [3.8, 4) is 0 Å². The summed E-state index contributed by atoms with van der Waals surface area (Å²) in [7, 11) is 0. The zero-order chi connectivity index (χ0) is 5.70. The third-order valence-corrected chi connectivity index (χ3v) is 1.45. The van der Waals surface area contributed by atoms with E-state index in [2.05, 4.69) is 2.64 Å². The summed E-state index contributed by atoms with van der Waals surface area (Å²) in [5.41, 5.74) is 0. The minimum absolute atomic E-state index is 0.0257. The molecule has 0 aliphatic heterocycles. The molecule has 4 heteroatoms. The van der Waals surface area contributed by atoms with Gasteiger partial charge in [-0.05, 0) is 0 Å². The number of hydrogen-bond donors (Lipinski definition) is 0. The minimum atomic E-state index is -0.592. The van der Waals surface area contributed by atoms with Gasteiger partial charge in [0.2, 0.25) is 0 Å². The van der Waals surface area contributed by atoms with E-state index in [-0.39, 0.29) is 32.9 Å². The third-order valence-electron chi connectivity index (χ3n) is 0.341. The Morgan fingerprint density at radius 2 is 2.43 bits per heavy atom. The van der Waals surface area contributed by atoms with Gasteiger partial charge in [-0.2, -0.15) is 0 Å². The molecular formula is C3H2FHgO2. The summed E-state index contributed by atoms with van der Waals surface area (Å²) >= 11 is -0.0257. The van der Waals surface area contributed by atoms with Crippen molar-refractivity contribution in [2.75, 3.05) is 0 Å². The van der Waals surface area contributed by atoms with Crippen LogP contribution in [-0.2, 0) is 34.0 Å². The predicted molar refractivity (Wildman–Crippen MR) is 16.3 cm³/mol. The van der Waals surface area contributed by atoms with E-state index in [0.717, 1.165) is 6.08 Å². The SMILES string of the molecule is O=C(C=CF)[O][Hg]. The van der Waals surface area contributed by atoms with Crippen LogP contribution in [0, 0.1) is 0 Å². The van der Waals surface area contributed by atoms with Gasteiger partial charge in [-0.25, -0.2) is 0 Å². The molecule has 0 saturated carbocycles. The third kappa shape index (κ3) is 3.92. The maximum absolute atomic E-state index is 11.0. The molecule has 0 fully saturated rings. The molecule has 0 atom stereocenters. The molecule has 0 spiro atoms. The average Bonchev–Trinajstić information content (AvgIpc) is 1.68. The Labute approximate surface area is 57.0 Å². The van der Waals surface area contributed by atoms with Gasteiger partial charge in [0.25, 0.3) is 0 Å². The number of carbonyl (C=O) groups is 1. The van der Waals surface area contributed by atoms with Crippen molar-refractivity contribution in [1.82, 2.24) is 0 Å². The molecule has 0 aromatic heterocycles. The van der Waals surface area contributed by atoms with Crippen LogP contribution >= 0.6 is 0 Å². The molecule has 0 unspecified atom stereocenters. The summed E-state index contributed by atoms with van der Waals surface area (Å²) in [6.45, 7) is 0. The van der Waals surface area contributed by atoms with Crippen molar-refractivity contribution in [2.45, 2.75) is 0 Å². The Hall–Kier alpha value is 0.0751. The molecule has 0 saturated heterocycles. The Bertz CT molecular complexity index is 90.9. The van der Waals surface area contributed by atoms with Crippen LogP contribution in [0.2, 0.25) is 0 Å². The van der Waals surface area contributed by atoms with E-state index in [1.54, 1.807) is 0 Å². The van der Waals surface area contributed by atoms with E-state index in [4.69, 9.17) is 0 Å². The second kappa shape index (κ2) is 4.24. The van der Waals surface area contributed by atoms with E-state index in [0.29, 0.717) is 0 Å². The Balaban J connectivity index is 3.37. The first-order valence-electron chi connectivity index (χ1n) is 1.54. The van der Waals surface area contributed by atoms with E-state index in [9.17, 15) is 9.18 Å². The number of halogens is 1. The Morgan fingerprint density at radius 1 is 1.86 bits per heavy atom. The van der Waals surface area contributed by atoms with Gasteiger partial charge in [-0.15, -0.1) is 0 Å². The van der Waals surface area contributed by atoms with Crippen molar-refractivity contribution >= 4 is 5.97 Å². The summed E-state index contributed by atoms with van der Waals surface area (Å²) < 4.78 is 15.2. The number of hydrogen-bond acceptors (Lipinski definition) is 2. The molecular weight excluding hydrogens is 288 g/mol. The van der Waals surface area contributed by atoms with Crippen molar-refractivity contribution in [2.24, 2.45) is 0 Å². The zero-order valence-corrected chi connectivity index (χ0v) is 9.05. The normalized spacial score (nSPS) is 9.57. The summed E-state index contributed by atoms with van der Waals surface area (Å²) in [6, 6.07) is 0. The monoisotopic (exact) mass is 291 g/mol. The van der Waals surface area contributed by atoms with Crippen molar-refractivity contribution in [3.63, 3.8) is 0 Å². The van der Waals surface area contributed by atoms with Crippen LogP contribution in [0.1, 0.15) is 0 Å². The first-order valence-corrected chi connectivity index (χ1v) is 3.78. The summed E-state index contributed by atoms with van der Waals surface area (Å²) in [6.07, 6.45) is 0.905. The van der Waals surface area contributed by atoms with Crippen LogP contribution in [0.3, 0.4) is 0 Å². The fourth-order valence-electron chi connectivity index (χ4n) is 0.0995. The first kappa shape index (κ1) is 7.08. The van der Waals surface area contributed by atoms with Gasteiger partial charge in [0.05, 0.1) is 0 Å². The van der Waals surface area contributed by atoms with E-state index in [1.165, 1.54) is 0 Å². The van der Waals surface area contributed by atoms with Gasteiger partial charge >= 0.3 is 56.8 Å². The molecule has 0 aromatic rings. The summed E-state index contributed by atoms with van der Waals surface area (Å²) in [4.78, 5) is 9.91. The fraction of sp³-hybridized carbons (Fsp3) is 0. The molecule has 7 heavy (non-hydrogen) atoms. The van der Waals surface area contributed by atoms with Crippen molar-refractivity contribution in [3.05, 3.63) is 12.4 Å². The molecule has 0 aliphatic rings. The standard InChI is InChI=1S/C3H3FO2.Hg/c4-2-1-3(5)6;/h1-2H,(H,5,6);/q;+1/p-1. The van der Waals surface area contributed by atoms with Gasteiger partial charge in [-0.3, -0.25) is 0 Å². The number of carbonyl (C=O) groups excluding carboxylic acids is 1. The zero-order valence-electron chi connectivity index (χ0n) is 3.56. The summed E-state index contributed by atoms with van der Waals surface area (Å²) in [5, 5.41) is 0. The molecule has 0 amide bonds. The van der Waals surface area contributed by atoms with Crippen LogP contribution in [0.5, 0.6) is 0 Å². The van der Waals surface area contributed by atoms with Gasteiger partial charge in [0.15, 0.2) is 0 Å². The predicted octanol–water partition coefficient (Wildman–Crippen LogP) is 0.475. The van der Waals surface area contributed by atoms with Crippen LogP contribution in [-0.4, -0.2) is 5.97 Å². The van der Waals surface area contributed by atoms with Crippen LogP contribution < -0.4 is 0 Å². The topological polar surface area (TPSA) is 26.3 Å². The summed E-state index contributed by atoms with van der Waals surface area (Å²) in [5.74, 6) is -0.592. The van der Waals surface area contributed by atoms with Gasteiger partial charge in [-0.1, -0.05) is 0 Å². The molecule has 0 N–H and O–H groups in total. The molecule has 0 radical (unpaired) electrons. The van der Waals surface area contributed by atoms with Gasteiger partial charge in [0.1, 0.15) is 0 Å². The van der Waals surface area contributed by atoms with Crippen LogP contribution in [0.4, 0.5) is 4.39 Å². The molecule has 0 rings (SSSR count).